The van der Waals surface area contributed by atoms with Crippen molar-refractivity contribution in [3.05, 3.63) is 51.9 Å². The Morgan fingerprint density at radius 1 is 1.13 bits per heavy atom. The first kappa shape index (κ1) is 27.5. The summed E-state index contributed by atoms with van der Waals surface area (Å²) in [5.74, 6) is 1.92. The van der Waals surface area contributed by atoms with Crippen LogP contribution in [0.15, 0.2) is 35.1 Å². The number of aromatic nitrogens is 2. The average Bonchev–Trinajstić information content (AvgIpc) is 3.35. The SMILES string of the molecule is C[C@@H]1CCc2ncnc(N3CCN(C(=O)[C@H](CCNC(CO)C4CCOCC4)c4ccc(Br)cc4)CC3)c21. The van der Waals surface area contributed by atoms with Crippen LogP contribution in [0.4, 0.5) is 5.82 Å². The van der Waals surface area contributed by atoms with Crippen molar-refractivity contribution in [3.8, 4) is 0 Å². The standard InChI is InChI=1S/C29H40BrN5O3/c1-20-2-7-25-27(20)28(33-19-32-25)34-12-14-35(15-13-34)29(37)24(21-3-5-23(30)6-4-21)8-11-31-26(18-36)22-9-16-38-17-10-22/h3-6,19-20,22,24,26,31,36H,2,7-18H2,1H3/t20-,24-,26?/m1/s1. The van der Waals surface area contributed by atoms with Crippen LogP contribution in [0.25, 0.3) is 0 Å². The molecule has 9 heteroatoms. The molecule has 2 saturated heterocycles. The molecule has 8 nitrogen and oxygen atoms in total. The first-order chi connectivity index (χ1) is 18.5. The lowest BCUT2D eigenvalue weighted by Gasteiger charge is -2.38. The van der Waals surface area contributed by atoms with Crippen molar-refractivity contribution in [2.45, 2.75) is 56.9 Å². The van der Waals surface area contributed by atoms with Gasteiger partial charge in [0.15, 0.2) is 0 Å². The van der Waals surface area contributed by atoms with E-state index in [2.05, 4.69) is 55.2 Å². The summed E-state index contributed by atoms with van der Waals surface area (Å²) in [5.41, 5.74) is 3.52. The Bertz CT molecular complexity index is 1070. The van der Waals surface area contributed by atoms with Gasteiger partial charge in [0.1, 0.15) is 12.1 Å². The largest absolute Gasteiger partial charge is 0.395 e. The summed E-state index contributed by atoms with van der Waals surface area (Å²) in [5, 5.41) is 13.6. The summed E-state index contributed by atoms with van der Waals surface area (Å²) in [6.07, 6.45) is 6.47. The number of aliphatic hydroxyl groups excluding tert-OH is 1. The van der Waals surface area contributed by atoms with Gasteiger partial charge in [-0.15, -0.1) is 0 Å². The number of anilines is 1. The van der Waals surface area contributed by atoms with Gasteiger partial charge in [0.2, 0.25) is 5.91 Å². The van der Waals surface area contributed by atoms with Crippen LogP contribution in [0, 0.1) is 5.92 Å². The van der Waals surface area contributed by atoms with E-state index in [1.165, 1.54) is 11.3 Å². The van der Waals surface area contributed by atoms with Gasteiger partial charge >= 0.3 is 0 Å². The van der Waals surface area contributed by atoms with Crippen molar-refractivity contribution in [2.75, 3.05) is 57.4 Å². The highest BCUT2D eigenvalue weighted by atomic mass is 79.9. The third-order valence-corrected chi connectivity index (χ3v) is 9.11. The molecule has 2 aliphatic heterocycles. The van der Waals surface area contributed by atoms with Crippen LogP contribution in [-0.4, -0.2) is 84.5 Å². The number of rotatable bonds is 9. The van der Waals surface area contributed by atoms with Gasteiger partial charge in [-0.25, -0.2) is 9.97 Å². The van der Waals surface area contributed by atoms with Gasteiger partial charge < -0.3 is 25.0 Å². The number of aryl methyl sites for hydroxylation is 1. The Labute approximate surface area is 234 Å². The maximum atomic E-state index is 13.9. The molecule has 1 aliphatic carbocycles. The maximum absolute atomic E-state index is 13.9. The van der Waals surface area contributed by atoms with E-state index in [-0.39, 0.29) is 24.5 Å². The molecule has 0 bridgehead atoms. The van der Waals surface area contributed by atoms with Crippen molar-refractivity contribution in [2.24, 2.45) is 5.92 Å². The number of piperazine rings is 1. The highest BCUT2D eigenvalue weighted by Crippen LogP contribution is 2.37. The molecule has 3 aliphatic rings. The number of amides is 1. The minimum absolute atomic E-state index is 0.0418. The summed E-state index contributed by atoms with van der Waals surface area (Å²) in [4.78, 5) is 27.4. The number of carbonyl (C=O) groups is 1. The molecular formula is C29H40BrN5O3. The lowest BCUT2D eigenvalue weighted by atomic mass is 9.91. The summed E-state index contributed by atoms with van der Waals surface area (Å²) in [6, 6.07) is 8.17. The summed E-state index contributed by atoms with van der Waals surface area (Å²) < 4.78 is 6.50. The molecule has 0 radical (unpaired) electrons. The summed E-state index contributed by atoms with van der Waals surface area (Å²) in [6.45, 7) is 7.50. The fourth-order valence-electron chi connectivity index (χ4n) is 6.27. The molecule has 1 amide bonds. The molecule has 1 aromatic carbocycles. The number of fused-ring (bicyclic) bond motifs is 1. The highest BCUT2D eigenvalue weighted by Gasteiger charge is 2.32. The Morgan fingerprint density at radius 3 is 2.58 bits per heavy atom. The van der Waals surface area contributed by atoms with Crippen molar-refractivity contribution in [1.82, 2.24) is 20.2 Å². The zero-order chi connectivity index (χ0) is 26.5. The number of ether oxygens (including phenoxy) is 1. The molecule has 38 heavy (non-hydrogen) atoms. The van der Waals surface area contributed by atoms with Crippen molar-refractivity contribution >= 4 is 27.7 Å². The van der Waals surface area contributed by atoms with E-state index in [1.807, 2.05) is 17.0 Å². The second-order valence-electron chi connectivity index (χ2n) is 10.9. The number of nitrogens with zero attached hydrogens (tertiary/aromatic N) is 4. The number of benzene rings is 1. The third kappa shape index (κ3) is 6.22. The molecule has 206 valence electrons. The van der Waals surface area contributed by atoms with E-state index < -0.39 is 0 Å². The number of aliphatic hydroxyl groups is 1. The van der Waals surface area contributed by atoms with Crippen LogP contribution >= 0.6 is 15.9 Å². The normalized spacial score (nSPS) is 21.8. The van der Waals surface area contributed by atoms with Crippen molar-refractivity contribution in [3.63, 3.8) is 0 Å². The molecule has 1 aromatic heterocycles. The smallest absolute Gasteiger partial charge is 0.230 e. The number of nitrogens with one attached hydrogen (secondary N) is 1. The summed E-state index contributed by atoms with van der Waals surface area (Å²) in [7, 11) is 0. The predicted octanol–water partition coefficient (Wildman–Crippen LogP) is 3.49. The lowest BCUT2D eigenvalue weighted by molar-refractivity contribution is -0.133. The van der Waals surface area contributed by atoms with Gasteiger partial charge in [-0.3, -0.25) is 4.79 Å². The van der Waals surface area contributed by atoms with Gasteiger partial charge in [0, 0.05) is 61.2 Å². The molecule has 3 heterocycles. The number of hydrogen-bond acceptors (Lipinski definition) is 7. The van der Waals surface area contributed by atoms with Crippen LogP contribution in [-0.2, 0) is 16.0 Å². The number of carbonyl (C=O) groups excluding carboxylic acids is 1. The quantitative estimate of drug-likeness (QED) is 0.465. The molecule has 0 saturated carbocycles. The molecule has 0 spiro atoms. The minimum atomic E-state index is -0.223. The molecule has 2 aromatic rings. The van der Waals surface area contributed by atoms with E-state index in [4.69, 9.17) is 4.74 Å². The lowest BCUT2D eigenvalue weighted by Crippen LogP contribution is -2.51. The molecule has 2 N–H and O–H groups in total. The van der Waals surface area contributed by atoms with Crippen molar-refractivity contribution < 1.29 is 14.6 Å². The first-order valence-electron chi connectivity index (χ1n) is 14.1. The zero-order valence-electron chi connectivity index (χ0n) is 22.3. The van der Waals surface area contributed by atoms with Crippen molar-refractivity contribution in [1.29, 1.82) is 0 Å². The van der Waals surface area contributed by atoms with Gasteiger partial charge in [-0.1, -0.05) is 35.0 Å². The van der Waals surface area contributed by atoms with E-state index >= 15 is 0 Å². The Morgan fingerprint density at radius 2 is 1.87 bits per heavy atom. The highest BCUT2D eigenvalue weighted by molar-refractivity contribution is 9.10. The molecule has 5 rings (SSSR count). The monoisotopic (exact) mass is 585 g/mol. The van der Waals surface area contributed by atoms with E-state index in [9.17, 15) is 9.90 Å². The average molecular weight is 587 g/mol. The Hall–Kier alpha value is -2.07. The molecular weight excluding hydrogens is 546 g/mol. The Balaban J connectivity index is 1.23. The second-order valence-corrected chi connectivity index (χ2v) is 11.8. The van der Waals surface area contributed by atoms with Crippen LogP contribution in [0.2, 0.25) is 0 Å². The van der Waals surface area contributed by atoms with Crippen LogP contribution in [0.3, 0.4) is 0 Å². The maximum Gasteiger partial charge on any atom is 0.230 e. The number of halogens is 1. The third-order valence-electron chi connectivity index (χ3n) is 8.58. The van der Waals surface area contributed by atoms with Gasteiger partial charge in [-0.2, -0.15) is 0 Å². The molecule has 3 atom stereocenters. The van der Waals surface area contributed by atoms with Crippen LogP contribution in [0.1, 0.15) is 61.3 Å². The topological polar surface area (TPSA) is 90.8 Å². The number of hydrogen-bond donors (Lipinski definition) is 2. The fourth-order valence-corrected chi connectivity index (χ4v) is 6.54. The summed E-state index contributed by atoms with van der Waals surface area (Å²) >= 11 is 3.53. The predicted molar refractivity (Wildman–Crippen MR) is 151 cm³/mol. The fraction of sp³-hybridized carbons (Fsp3) is 0.621. The minimum Gasteiger partial charge on any atom is -0.395 e. The Kier molecular flexibility index (Phi) is 9.30. The second kappa shape index (κ2) is 12.9. The van der Waals surface area contributed by atoms with Crippen LogP contribution < -0.4 is 10.2 Å². The van der Waals surface area contributed by atoms with Crippen LogP contribution in [0.5, 0.6) is 0 Å². The van der Waals surface area contributed by atoms with E-state index in [1.54, 1.807) is 6.33 Å². The van der Waals surface area contributed by atoms with Gasteiger partial charge in [0.25, 0.3) is 0 Å². The zero-order valence-corrected chi connectivity index (χ0v) is 23.9. The molecule has 2 fully saturated rings. The van der Waals surface area contributed by atoms with Gasteiger partial charge in [0.05, 0.1) is 12.5 Å². The molecule has 1 unspecified atom stereocenters. The van der Waals surface area contributed by atoms with Gasteiger partial charge in [-0.05, 0) is 68.2 Å². The van der Waals surface area contributed by atoms with E-state index in [0.717, 1.165) is 67.8 Å². The first-order valence-corrected chi connectivity index (χ1v) is 14.9. The van der Waals surface area contributed by atoms with E-state index in [0.29, 0.717) is 37.9 Å².